The van der Waals surface area contributed by atoms with E-state index >= 15 is 0 Å². The molecule has 1 unspecified atom stereocenters. The van der Waals surface area contributed by atoms with E-state index in [1.807, 2.05) is 0 Å². The maximum absolute atomic E-state index is 13.1. The van der Waals surface area contributed by atoms with Crippen molar-refractivity contribution >= 4 is 0 Å². The van der Waals surface area contributed by atoms with Crippen LogP contribution in [0.25, 0.3) is 0 Å². The predicted molar refractivity (Wildman–Crippen MR) is 57.9 cm³/mol. The van der Waals surface area contributed by atoms with Crippen molar-refractivity contribution in [3.8, 4) is 0 Å². The summed E-state index contributed by atoms with van der Waals surface area (Å²) in [6.45, 7) is 1.65. The molecule has 1 aromatic rings. The lowest BCUT2D eigenvalue weighted by molar-refractivity contribution is -0.00385. The second kappa shape index (κ2) is 4.13. The van der Waals surface area contributed by atoms with Gasteiger partial charge in [-0.25, -0.2) is 8.78 Å². The van der Waals surface area contributed by atoms with E-state index in [1.165, 1.54) is 12.1 Å². The summed E-state index contributed by atoms with van der Waals surface area (Å²) in [5, 5.41) is 10.4. The van der Waals surface area contributed by atoms with Gasteiger partial charge in [0.25, 0.3) is 0 Å². The van der Waals surface area contributed by atoms with Gasteiger partial charge < -0.3 is 5.11 Å². The summed E-state index contributed by atoms with van der Waals surface area (Å²) in [6, 6.07) is 3.27. The van der Waals surface area contributed by atoms with Crippen LogP contribution in [0.4, 0.5) is 8.78 Å². The maximum atomic E-state index is 13.1. The van der Waals surface area contributed by atoms with E-state index in [4.69, 9.17) is 0 Å². The summed E-state index contributed by atoms with van der Waals surface area (Å²) in [5.74, 6) is -1.16. The second-order valence-corrected chi connectivity index (χ2v) is 4.79. The quantitative estimate of drug-likeness (QED) is 0.819. The van der Waals surface area contributed by atoms with E-state index in [9.17, 15) is 13.9 Å². The first-order valence-electron chi connectivity index (χ1n) is 5.69. The summed E-state index contributed by atoms with van der Waals surface area (Å²) in [4.78, 5) is 0. The minimum absolute atomic E-state index is 0.105. The molecule has 1 atom stereocenters. The third kappa shape index (κ3) is 2.09. The van der Waals surface area contributed by atoms with Crippen molar-refractivity contribution in [3.05, 3.63) is 35.4 Å². The van der Waals surface area contributed by atoms with Crippen LogP contribution in [0.3, 0.4) is 0 Å². The Morgan fingerprint density at radius 3 is 2.12 bits per heavy atom. The third-order valence-electron chi connectivity index (χ3n) is 3.60. The van der Waals surface area contributed by atoms with Crippen molar-refractivity contribution < 1.29 is 13.9 Å². The largest absolute Gasteiger partial charge is 0.385 e. The average molecular weight is 226 g/mol. The van der Waals surface area contributed by atoms with E-state index in [2.05, 4.69) is 0 Å². The minimum atomic E-state index is -1.13. The molecule has 1 aliphatic carbocycles. The van der Waals surface area contributed by atoms with Crippen LogP contribution in [0.15, 0.2) is 18.2 Å². The van der Waals surface area contributed by atoms with Crippen molar-refractivity contribution in [2.45, 2.75) is 38.2 Å². The molecule has 88 valence electrons. The fourth-order valence-corrected chi connectivity index (χ4v) is 2.57. The Bertz CT molecular complexity index is 361. The molecule has 0 bridgehead atoms. The highest BCUT2D eigenvalue weighted by Gasteiger charge is 2.35. The highest BCUT2D eigenvalue weighted by Crippen LogP contribution is 2.40. The highest BCUT2D eigenvalue weighted by molar-refractivity contribution is 5.24. The van der Waals surface area contributed by atoms with Gasteiger partial charge in [0.1, 0.15) is 11.6 Å². The number of hydrogen-bond acceptors (Lipinski definition) is 1. The van der Waals surface area contributed by atoms with Gasteiger partial charge in [-0.15, -0.1) is 0 Å². The molecule has 3 heteroatoms. The molecule has 1 aromatic carbocycles. The molecular weight excluding hydrogens is 210 g/mol. The fraction of sp³-hybridized carbons (Fsp3) is 0.538. The summed E-state index contributed by atoms with van der Waals surface area (Å²) in [6.07, 6.45) is 4.01. The van der Waals surface area contributed by atoms with Crippen molar-refractivity contribution in [3.63, 3.8) is 0 Å². The van der Waals surface area contributed by atoms with Gasteiger partial charge in [0.15, 0.2) is 0 Å². The summed E-state index contributed by atoms with van der Waals surface area (Å²) in [7, 11) is 0. The molecule has 0 spiro atoms. The van der Waals surface area contributed by atoms with E-state index in [0.29, 0.717) is 5.56 Å². The maximum Gasteiger partial charge on any atom is 0.126 e. The van der Waals surface area contributed by atoms with Crippen LogP contribution < -0.4 is 0 Å². The van der Waals surface area contributed by atoms with E-state index in [-0.39, 0.29) is 5.92 Å². The summed E-state index contributed by atoms with van der Waals surface area (Å²) in [5.41, 5.74) is -0.781. The van der Waals surface area contributed by atoms with Gasteiger partial charge in [0.2, 0.25) is 0 Å². The van der Waals surface area contributed by atoms with Crippen LogP contribution in [-0.2, 0) is 5.60 Å². The first kappa shape index (κ1) is 11.5. The summed E-state index contributed by atoms with van der Waals surface area (Å²) >= 11 is 0. The Balaban J connectivity index is 2.33. The van der Waals surface area contributed by atoms with Crippen molar-refractivity contribution in [1.82, 2.24) is 0 Å². The summed E-state index contributed by atoms with van der Waals surface area (Å²) < 4.78 is 26.2. The molecule has 0 radical (unpaired) electrons. The monoisotopic (exact) mass is 226 g/mol. The number of aliphatic hydroxyl groups is 1. The molecular formula is C13H16F2O. The lowest BCUT2D eigenvalue weighted by Gasteiger charge is -2.30. The SMILES string of the molecule is CC(O)(c1cc(F)cc(F)c1)C1CCCC1. The van der Waals surface area contributed by atoms with Crippen LogP contribution in [0.5, 0.6) is 0 Å². The van der Waals surface area contributed by atoms with Gasteiger partial charge in [-0.05, 0) is 43.4 Å². The number of benzene rings is 1. The van der Waals surface area contributed by atoms with Crippen LogP contribution in [0, 0.1) is 17.6 Å². The smallest absolute Gasteiger partial charge is 0.126 e. The number of rotatable bonds is 2. The minimum Gasteiger partial charge on any atom is -0.385 e. The molecule has 16 heavy (non-hydrogen) atoms. The Morgan fingerprint density at radius 1 is 1.12 bits per heavy atom. The number of hydrogen-bond donors (Lipinski definition) is 1. The van der Waals surface area contributed by atoms with Crippen molar-refractivity contribution in [2.24, 2.45) is 5.92 Å². The molecule has 1 aliphatic rings. The van der Waals surface area contributed by atoms with E-state index in [0.717, 1.165) is 31.7 Å². The van der Waals surface area contributed by atoms with Crippen LogP contribution >= 0.6 is 0 Å². The molecule has 0 heterocycles. The molecule has 1 saturated carbocycles. The molecule has 0 amide bonds. The van der Waals surface area contributed by atoms with Gasteiger partial charge in [-0.1, -0.05) is 12.8 Å². The first-order valence-corrected chi connectivity index (χ1v) is 5.69. The van der Waals surface area contributed by atoms with Crippen LogP contribution in [0.2, 0.25) is 0 Å². The standard InChI is InChI=1S/C13H16F2O/c1-13(16,9-4-2-3-5-9)10-6-11(14)8-12(15)7-10/h6-9,16H,2-5H2,1H3. The van der Waals surface area contributed by atoms with Gasteiger partial charge >= 0.3 is 0 Å². The molecule has 0 aromatic heterocycles. The average Bonchev–Trinajstić information content (AvgIpc) is 2.69. The van der Waals surface area contributed by atoms with Gasteiger partial charge in [0, 0.05) is 6.07 Å². The van der Waals surface area contributed by atoms with E-state index in [1.54, 1.807) is 6.92 Å². The third-order valence-corrected chi connectivity index (χ3v) is 3.60. The van der Waals surface area contributed by atoms with Gasteiger partial charge in [0.05, 0.1) is 5.60 Å². The number of halogens is 2. The normalized spacial score (nSPS) is 21.0. The Labute approximate surface area is 94.1 Å². The zero-order chi connectivity index (χ0) is 11.8. The molecule has 0 aliphatic heterocycles. The highest BCUT2D eigenvalue weighted by atomic mass is 19.1. The Kier molecular flexibility index (Phi) is 2.98. The van der Waals surface area contributed by atoms with Gasteiger partial charge in [-0.2, -0.15) is 0 Å². The van der Waals surface area contributed by atoms with Crippen molar-refractivity contribution in [2.75, 3.05) is 0 Å². The fourth-order valence-electron chi connectivity index (χ4n) is 2.57. The second-order valence-electron chi connectivity index (χ2n) is 4.79. The topological polar surface area (TPSA) is 20.2 Å². The molecule has 2 rings (SSSR count). The Morgan fingerprint density at radius 2 is 1.62 bits per heavy atom. The zero-order valence-corrected chi connectivity index (χ0v) is 9.34. The van der Waals surface area contributed by atoms with Crippen LogP contribution in [-0.4, -0.2) is 5.11 Å². The molecule has 0 saturated heterocycles. The predicted octanol–water partition coefficient (Wildman–Crippen LogP) is 3.36. The molecule has 1 nitrogen and oxygen atoms in total. The molecule has 1 N–H and O–H groups in total. The molecule has 1 fully saturated rings. The van der Waals surface area contributed by atoms with Crippen molar-refractivity contribution in [1.29, 1.82) is 0 Å². The zero-order valence-electron chi connectivity index (χ0n) is 9.34. The van der Waals surface area contributed by atoms with Crippen LogP contribution in [0.1, 0.15) is 38.2 Å². The lowest BCUT2D eigenvalue weighted by Crippen LogP contribution is -2.30. The first-order chi connectivity index (χ1) is 7.50. The lowest BCUT2D eigenvalue weighted by atomic mass is 9.82. The van der Waals surface area contributed by atoms with Gasteiger partial charge in [-0.3, -0.25) is 0 Å². The van der Waals surface area contributed by atoms with E-state index < -0.39 is 17.2 Å². The Hall–Kier alpha value is -0.960.